The average Bonchev–Trinajstić information content (AvgIpc) is 2.67. The number of carbonyl (C=O) groups is 1. The van der Waals surface area contributed by atoms with Gasteiger partial charge in [-0.2, -0.15) is 0 Å². The van der Waals surface area contributed by atoms with Crippen LogP contribution in [0.1, 0.15) is 24.0 Å². The predicted molar refractivity (Wildman–Crippen MR) is 113 cm³/mol. The van der Waals surface area contributed by atoms with Gasteiger partial charge in [0.2, 0.25) is 15.9 Å². The van der Waals surface area contributed by atoms with E-state index in [1.165, 1.54) is 9.87 Å². The van der Waals surface area contributed by atoms with Crippen LogP contribution in [0.25, 0.3) is 0 Å². The number of sulfonamides is 1. The molecule has 3 rings (SSSR count). The number of amides is 1. The summed E-state index contributed by atoms with van der Waals surface area (Å²) in [6.45, 7) is 3.16. The molecule has 1 heterocycles. The van der Waals surface area contributed by atoms with E-state index in [2.05, 4.69) is 24.3 Å². The van der Waals surface area contributed by atoms with E-state index in [0.717, 1.165) is 31.1 Å². The van der Waals surface area contributed by atoms with Crippen LogP contribution < -0.4 is 4.31 Å². The molecule has 0 unspecified atom stereocenters. The highest BCUT2D eigenvalue weighted by molar-refractivity contribution is 7.92. The first kappa shape index (κ1) is 20.4. The predicted octanol–water partition coefficient (Wildman–Crippen LogP) is 3.24. The van der Waals surface area contributed by atoms with Crippen molar-refractivity contribution in [1.29, 1.82) is 0 Å². The summed E-state index contributed by atoms with van der Waals surface area (Å²) < 4.78 is 25.7. The van der Waals surface area contributed by atoms with Crippen molar-refractivity contribution in [2.24, 2.45) is 5.92 Å². The average molecular weight is 401 g/mol. The molecule has 0 aliphatic carbocycles. The maximum atomic E-state index is 12.8. The molecule has 150 valence electrons. The molecule has 0 saturated carbocycles. The minimum absolute atomic E-state index is 0.135. The summed E-state index contributed by atoms with van der Waals surface area (Å²) in [6, 6.07) is 17.6. The van der Waals surface area contributed by atoms with Crippen molar-refractivity contribution in [2.45, 2.75) is 26.2 Å². The molecule has 2 aromatic rings. The van der Waals surface area contributed by atoms with Crippen molar-refractivity contribution in [3.63, 3.8) is 0 Å². The van der Waals surface area contributed by atoms with Crippen LogP contribution in [0, 0.1) is 12.8 Å². The van der Waals surface area contributed by atoms with Gasteiger partial charge in [-0.05, 0) is 49.8 Å². The molecule has 0 bridgehead atoms. The lowest BCUT2D eigenvalue weighted by Gasteiger charge is -2.33. The van der Waals surface area contributed by atoms with E-state index in [4.69, 9.17) is 0 Å². The second-order valence-corrected chi connectivity index (χ2v) is 9.53. The van der Waals surface area contributed by atoms with Gasteiger partial charge in [0.05, 0.1) is 11.9 Å². The standard InChI is InChI=1S/C22H28N2O3S/c1-18-8-10-21(11-9-18)24(28(2,26)27)17-22(25)23-14-12-20(13-15-23)16-19-6-4-3-5-7-19/h3-11,20H,12-17H2,1-2H3. The molecule has 0 atom stereocenters. The first-order chi connectivity index (χ1) is 13.3. The molecule has 1 fully saturated rings. The Balaban J connectivity index is 1.60. The molecule has 28 heavy (non-hydrogen) atoms. The Morgan fingerprint density at radius 2 is 1.64 bits per heavy atom. The number of aryl methyl sites for hydroxylation is 1. The lowest BCUT2D eigenvalue weighted by atomic mass is 9.90. The van der Waals surface area contributed by atoms with E-state index < -0.39 is 10.0 Å². The van der Waals surface area contributed by atoms with E-state index in [1.54, 1.807) is 17.0 Å². The number of nitrogens with zero attached hydrogens (tertiary/aromatic N) is 2. The number of hydrogen-bond acceptors (Lipinski definition) is 3. The third kappa shape index (κ3) is 5.35. The molecule has 0 radical (unpaired) electrons. The fourth-order valence-electron chi connectivity index (χ4n) is 3.67. The van der Waals surface area contributed by atoms with E-state index in [0.29, 0.717) is 24.7 Å². The van der Waals surface area contributed by atoms with Gasteiger partial charge in [-0.3, -0.25) is 9.10 Å². The van der Waals surface area contributed by atoms with E-state index in [-0.39, 0.29) is 12.5 Å². The molecule has 2 aromatic carbocycles. The first-order valence-electron chi connectivity index (χ1n) is 9.69. The molecule has 0 spiro atoms. The smallest absolute Gasteiger partial charge is 0.243 e. The second-order valence-electron chi connectivity index (χ2n) is 7.62. The fraction of sp³-hybridized carbons (Fsp3) is 0.409. The van der Waals surface area contributed by atoms with Crippen LogP contribution in [0.15, 0.2) is 54.6 Å². The van der Waals surface area contributed by atoms with Gasteiger partial charge in [0.15, 0.2) is 0 Å². The Morgan fingerprint density at radius 1 is 1.04 bits per heavy atom. The summed E-state index contributed by atoms with van der Waals surface area (Å²) in [6.07, 6.45) is 4.07. The van der Waals surface area contributed by atoms with Crippen molar-refractivity contribution in [3.8, 4) is 0 Å². The Kier molecular flexibility index (Phi) is 6.39. The molecule has 1 aliphatic heterocycles. The number of likely N-dealkylation sites (tertiary alicyclic amines) is 1. The second kappa shape index (κ2) is 8.78. The van der Waals surface area contributed by atoms with Crippen LogP contribution in [-0.2, 0) is 21.2 Å². The molecule has 0 N–H and O–H groups in total. The van der Waals surface area contributed by atoms with Crippen molar-refractivity contribution in [2.75, 3.05) is 30.2 Å². The SMILES string of the molecule is Cc1ccc(N(CC(=O)N2CCC(Cc3ccccc3)CC2)S(C)(=O)=O)cc1. The van der Waals surface area contributed by atoms with E-state index in [1.807, 2.05) is 25.1 Å². The fourth-order valence-corrected chi connectivity index (χ4v) is 4.52. The van der Waals surface area contributed by atoms with Gasteiger partial charge in [-0.1, -0.05) is 48.0 Å². The minimum Gasteiger partial charge on any atom is -0.341 e. The van der Waals surface area contributed by atoms with Gasteiger partial charge >= 0.3 is 0 Å². The zero-order valence-corrected chi connectivity index (χ0v) is 17.4. The number of anilines is 1. The van der Waals surface area contributed by atoms with Crippen LogP contribution >= 0.6 is 0 Å². The van der Waals surface area contributed by atoms with Crippen LogP contribution in [0.5, 0.6) is 0 Å². The molecule has 6 heteroatoms. The lowest BCUT2D eigenvalue weighted by molar-refractivity contribution is -0.130. The highest BCUT2D eigenvalue weighted by Crippen LogP contribution is 2.23. The van der Waals surface area contributed by atoms with Crippen LogP contribution in [-0.4, -0.2) is 45.1 Å². The molecule has 0 aromatic heterocycles. The quantitative estimate of drug-likeness (QED) is 0.748. The summed E-state index contributed by atoms with van der Waals surface area (Å²) in [5.41, 5.74) is 2.90. The van der Waals surface area contributed by atoms with Crippen molar-refractivity contribution in [3.05, 3.63) is 65.7 Å². The first-order valence-corrected chi connectivity index (χ1v) is 11.5. The summed E-state index contributed by atoms with van der Waals surface area (Å²) in [7, 11) is -3.53. The highest BCUT2D eigenvalue weighted by atomic mass is 32.2. The maximum absolute atomic E-state index is 12.8. The van der Waals surface area contributed by atoms with Gasteiger partial charge in [-0.25, -0.2) is 8.42 Å². The van der Waals surface area contributed by atoms with Crippen LogP contribution in [0.4, 0.5) is 5.69 Å². The third-order valence-corrected chi connectivity index (χ3v) is 6.48. The number of piperidine rings is 1. The van der Waals surface area contributed by atoms with Crippen molar-refractivity contribution >= 4 is 21.6 Å². The van der Waals surface area contributed by atoms with E-state index >= 15 is 0 Å². The summed E-state index contributed by atoms with van der Waals surface area (Å²) in [5, 5.41) is 0. The lowest BCUT2D eigenvalue weighted by Crippen LogP contribution is -2.45. The summed E-state index contributed by atoms with van der Waals surface area (Å²) >= 11 is 0. The number of carbonyl (C=O) groups excluding carboxylic acids is 1. The summed E-state index contributed by atoms with van der Waals surface area (Å²) in [4.78, 5) is 14.6. The molecular weight excluding hydrogens is 372 g/mol. The van der Waals surface area contributed by atoms with Gasteiger partial charge in [0.25, 0.3) is 0 Å². The van der Waals surface area contributed by atoms with Crippen molar-refractivity contribution in [1.82, 2.24) is 4.90 Å². The minimum atomic E-state index is -3.53. The van der Waals surface area contributed by atoms with E-state index in [9.17, 15) is 13.2 Å². The summed E-state index contributed by atoms with van der Waals surface area (Å²) in [5.74, 6) is 0.429. The Hall–Kier alpha value is -2.34. The number of rotatable bonds is 6. The zero-order chi connectivity index (χ0) is 20.1. The van der Waals surface area contributed by atoms with Gasteiger partial charge in [0, 0.05) is 13.1 Å². The molecule has 1 aliphatic rings. The number of hydrogen-bond donors (Lipinski definition) is 0. The Labute approximate surface area is 168 Å². The van der Waals surface area contributed by atoms with Gasteiger partial charge < -0.3 is 4.90 Å². The van der Waals surface area contributed by atoms with Crippen LogP contribution in [0.3, 0.4) is 0 Å². The zero-order valence-electron chi connectivity index (χ0n) is 16.5. The van der Waals surface area contributed by atoms with Gasteiger partial charge in [-0.15, -0.1) is 0 Å². The Bertz CT molecular complexity index is 887. The maximum Gasteiger partial charge on any atom is 0.243 e. The van der Waals surface area contributed by atoms with Crippen LogP contribution in [0.2, 0.25) is 0 Å². The number of benzene rings is 2. The third-order valence-electron chi connectivity index (χ3n) is 5.34. The molecule has 1 saturated heterocycles. The largest absolute Gasteiger partial charge is 0.341 e. The Morgan fingerprint density at radius 3 is 2.21 bits per heavy atom. The molecule has 1 amide bonds. The monoisotopic (exact) mass is 400 g/mol. The molecular formula is C22H28N2O3S. The van der Waals surface area contributed by atoms with Gasteiger partial charge in [0.1, 0.15) is 6.54 Å². The normalized spacial score (nSPS) is 15.4. The topological polar surface area (TPSA) is 57.7 Å². The molecule has 5 nitrogen and oxygen atoms in total. The van der Waals surface area contributed by atoms with Crippen molar-refractivity contribution < 1.29 is 13.2 Å². The highest BCUT2D eigenvalue weighted by Gasteiger charge is 2.27.